The predicted molar refractivity (Wildman–Crippen MR) is 106 cm³/mol. The molecule has 2 heterocycles. The van der Waals surface area contributed by atoms with Gasteiger partial charge in [0.2, 0.25) is 15.9 Å². The molecule has 1 aromatic heterocycles. The third-order valence-corrected chi connectivity index (χ3v) is 6.74. The molecule has 1 aliphatic rings. The monoisotopic (exact) mass is 427 g/mol. The van der Waals surface area contributed by atoms with E-state index in [1.807, 2.05) is 0 Å². The summed E-state index contributed by atoms with van der Waals surface area (Å²) in [6.45, 7) is 5.56. The Morgan fingerprint density at radius 3 is 2.75 bits per heavy atom. The number of aromatic nitrogens is 2. The second-order valence-corrected chi connectivity index (χ2v) is 9.76. The molecule has 1 aliphatic heterocycles. The van der Waals surface area contributed by atoms with E-state index in [0.29, 0.717) is 61.6 Å². The van der Waals surface area contributed by atoms with Gasteiger partial charge in [-0.25, -0.2) is 8.42 Å². The summed E-state index contributed by atoms with van der Waals surface area (Å²) in [5.74, 6) is 1.78. The van der Waals surface area contributed by atoms with Gasteiger partial charge < -0.3 is 9.26 Å². The van der Waals surface area contributed by atoms with E-state index in [9.17, 15) is 8.42 Å². The number of hydrogen-bond donors (Lipinski definition) is 0. The first-order chi connectivity index (χ1) is 13.3. The van der Waals surface area contributed by atoms with Crippen LogP contribution in [0.4, 0.5) is 0 Å². The molecule has 1 fully saturated rings. The normalized spacial score (nSPS) is 16.7. The van der Waals surface area contributed by atoms with Gasteiger partial charge in [0, 0.05) is 31.0 Å². The third-order valence-electron chi connectivity index (χ3n) is 4.61. The maximum atomic E-state index is 12.7. The SMILES string of the molecule is CC(C)Cc1nc(CCOC2CCN(S(=O)(=O)c3cccc(Cl)c3)CC2)no1. The third kappa shape index (κ3) is 5.53. The molecule has 154 valence electrons. The van der Waals surface area contributed by atoms with Crippen LogP contribution in [0.2, 0.25) is 5.02 Å². The minimum Gasteiger partial charge on any atom is -0.378 e. The summed E-state index contributed by atoms with van der Waals surface area (Å²) in [5.41, 5.74) is 0. The van der Waals surface area contributed by atoms with Crippen molar-refractivity contribution in [1.29, 1.82) is 0 Å². The van der Waals surface area contributed by atoms with Gasteiger partial charge in [-0.2, -0.15) is 9.29 Å². The Balaban J connectivity index is 1.45. The fraction of sp³-hybridized carbons (Fsp3) is 0.579. The zero-order valence-electron chi connectivity index (χ0n) is 16.2. The van der Waals surface area contributed by atoms with Crippen molar-refractivity contribution < 1.29 is 17.7 Å². The molecule has 0 amide bonds. The quantitative estimate of drug-likeness (QED) is 0.642. The standard InChI is InChI=1S/C19H26ClN3O4S/c1-14(2)12-19-21-18(22-27-19)8-11-26-16-6-9-23(10-7-16)28(24,25)17-5-3-4-15(20)13-17/h3-5,13-14,16H,6-12H2,1-2H3. The zero-order chi connectivity index (χ0) is 20.1. The average Bonchev–Trinajstić information content (AvgIpc) is 3.08. The fourth-order valence-corrected chi connectivity index (χ4v) is 4.93. The Labute approximate surface area is 171 Å². The lowest BCUT2D eigenvalue weighted by atomic mass is 10.1. The van der Waals surface area contributed by atoms with Crippen LogP contribution in [0.15, 0.2) is 33.7 Å². The average molecular weight is 428 g/mol. The van der Waals surface area contributed by atoms with Crippen LogP contribution < -0.4 is 0 Å². The van der Waals surface area contributed by atoms with E-state index in [1.165, 1.54) is 10.4 Å². The van der Waals surface area contributed by atoms with Crippen LogP contribution in [-0.4, -0.2) is 48.7 Å². The van der Waals surface area contributed by atoms with E-state index < -0.39 is 10.0 Å². The van der Waals surface area contributed by atoms with E-state index >= 15 is 0 Å². The van der Waals surface area contributed by atoms with Crippen molar-refractivity contribution in [3.05, 3.63) is 41.0 Å². The lowest BCUT2D eigenvalue weighted by molar-refractivity contribution is 0.0222. The number of halogens is 1. The Morgan fingerprint density at radius 2 is 2.07 bits per heavy atom. The van der Waals surface area contributed by atoms with Crippen LogP contribution in [0.3, 0.4) is 0 Å². The molecule has 0 N–H and O–H groups in total. The van der Waals surface area contributed by atoms with E-state index in [1.54, 1.807) is 18.2 Å². The number of rotatable bonds is 8. The maximum Gasteiger partial charge on any atom is 0.243 e. The molecule has 0 saturated carbocycles. The van der Waals surface area contributed by atoms with Gasteiger partial charge in [0.25, 0.3) is 0 Å². The Hall–Kier alpha value is -1.48. The maximum absolute atomic E-state index is 12.7. The highest BCUT2D eigenvalue weighted by molar-refractivity contribution is 7.89. The summed E-state index contributed by atoms with van der Waals surface area (Å²) in [4.78, 5) is 4.59. The van der Waals surface area contributed by atoms with Gasteiger partial charge in [-0.3, -0.25) is 0 Å². The van der Waals surface area contributed by atoms with Crippen LogP contribution in [0, 0.1) is 5.92 Å². The predicted octanol–water partition coefficient (Wildman–Crippen LogP) is 3.33. The van der Waals surface area contributed by atoms with Crippen molar-refractivity contribution in [3.63, 3.8) is 0 Å². The molecule has 2 aromatic rings. The molecule has 28 heavy (non-hydrogen) atoms. The van der Waals surface area contributed by atoms with Gasteiger partial charge in [0.05, 0.1) is 17.6 Å². The zero-order valence-corrected chi connectivity index (χ0v) is 17.7. The highest BCUT2D eigenvalue weighted by Crippen LogP contribution is 2.24. The van der Waals surface area contributed by atoms with Crippen LogP contribution in [0.1, 0.15) is 38.4 Å². The topological polar surface area (TPSA) is 85.5 Å². The van der Waals surface area contributed by atoms with Gasteiger partial charge in [-0.1, -0.05) is 36.7 Å². The van der Waals surface area contributed by atoms with Gasteiger partial charge in [0.15, 0.2) is 5.82 Å². The summed E-state index contributed by atoms with van der Waals surface area (Å²) in [6, 6.07) is 6.37. The summed E-state index contributed by atoms with van der Waals surface area (Å²) < 4.78 is 38.1. The Bertz CT molecular complexity index is 877. The van der Waals surface area contributed by atoms with Crippen molar-refractivity contribution >= 4 is 21.6 Å². The van der Waals surface area contributed by atoms with Crippen molar-refractivity contribution in [2.24, 2.45) is 5.92 Å². The van der Waals surface area contributed by atoms with E-state index in [2.05, 4.69) is 24.0 Å². The molecule has 0 atom stereocenters. The van der Waals surface area contributed by atoms with Gasteiger partial charge in [-0.05, 0) is 37.0 Å². The fourth-order valence-electron chi connectivity index (χ4n) is 3.16. The molecule has 0 bridgehead atoms. The second kappa shape index (κ2) is 9.35. The molecular weight excluding hydrogens is 402 g/mol. The van der Waals surface area contributed by atoms with E-state index in [4.69, 9.17) is 20.9 Å². The van der Waals surface area contributed by atoms with Crippen molar-refractivity contribution in [2.75, 3.05) is 19.7 Å². The van der Waals surface area contributed by atoms with Gasteiger partial charge in [-0.15, -0.1) is 0 Å². The minimum absolute atomic E-state index is 0.0350. The first kappa shape index (κ1) is 21.2. The van der Waals surface area contributed by atoms with Crippen molar-refractivity contribution in [3.8, 4) is 0 Å². The number of ether oxygens (including phenoxy) is 1. The molecule has 0 spiro atoms. The molecule has 3 rings (SSSR count). The lowest BCUT2D eigenvalue weighted by Crippen LogP contribution is -2.41. The number of piperidine rings is 1. The number of sulfonamides is 1. The number of nitrogens with zero attached hydrogens (tertiary/aromatic N) is 3. The van der Waals surface area contributed by atoms with Gasteiger partial charge in [0.1, 0.15) is 0 Å². The highest BCUT2D eigenvalue weighted by atomic mass is 35.5. The van der Waals surface area contributed by atoms with Crippen molar-refractivity contribution in [2.45, 2.75) is 50.5 Å². The second-order valence-electron chi connectivity index (χ2n) is 7.38. The summed E-state index contributed by atoms with van der Waals surface area (Å²) in [7, 11) is -3.52. The van der Waals surface area contributed by atoms with E-state index in [0.717, 1.165) is 6.42 Å². The molecule has 0 radical (unpaired) electrons. The van der Waals surface area contributed by atoms with Crippen molar-refractivity contribution in [1.82, 2.24) is 14.4 Å². The minimum atomic E-state index is -3.52. The number of benzene rings is 1. The van der Waals surface area contributed by atoms with Gasteiger partial charge >= 0.3 is 0 Å². The largest absolute Gasteiger partial charge is 0.378 e. The van der Waals surface area contributed by atoms with Crippen LogP contribution in [-0.2, 0) is 27.6 Å². The van der Waals surface area contributed by atoms with E-state index in [-0.39, 0.29) is 11.0 Å². The first-order valence-electron chi connectivity index (χ1n) is 9.53. The smallest absolute Gasteiger partial charge is 0.243 e. The molecule has 9 heteroatoms. The highest BCUT2D eigenvalue weighted by Gasteiger charge is 2.29. The molecular formula is C19H26ClN3O4S. The summed E-state index contributed by atoms with van der Waals surface area (Å²) in [5, 5.41) is 4.39. The first-order valence-corrected chi connectivity index (χ1v) is 11.3. The number of hydrogen-bond acceptors (Lipinski definition) is 6. The summed E-state index contributed by atoms with van der Waals surface area (Å²) in [6.07, 6.45) is 2.71. The molecule has 0 unspecified atom stereocenters. The van der Waals surface area contributed by atoms with Crippen LogP contribution >= 0.6 is 11.6 Å². The molecule has 1 aromatic carbocycles. The Morgan fingerprint density at radius 1 is 1.32 bits per heavy atom. The Kier molecular flexibility index (Phi) is 7.09. The molecule has 1 saturated heterocycles. The van der Waals surface area contributed by atoms with Crippen LogP contribution in [0.25, 0.3) is 0 Å². The molecule has 7 nitrogen and oxygen atoms in total. The summed E-state index contributed by atoms with van der Waals surface area (Å²) >= 11 is 5.93. The van der Waals surface area contributed by atoms with Crippen LogP contribution in [0.5, 0.6) is 0 Å². The lowest BCUT2D eigenvalue weighted by Gasteiger charge is -2.31. The molecule has 0 aliphatic carbocycles.